The Morgan fingerprint density at radius 3 is 1.28 bits per heavy atom. The van der Waals surface area contributed by atoms with Gasteiger partial charge in [-0.05, 0) is 38.5 Å². The molecule has 0 aliphatic heterocycles. The summed E-state index contributed by atoms with van der Waals surface area (Å²) < 4.78 is 16.0. The number of rotatable bonds is 22. The van der Waals surface area contributed by atoms with Gasteiger partial charge in [-0.3, -0.25) is 9.59 Å². The number of hydrogen-bond acceptors (Lipinski definition) is 5. The highest BCUT2D eigenvalue weighted by atomic mass is 16.5. The lowest BCUT2D eigenvalue weighted by Gasteiger charge is -2.07. The summed E-state index contributed by atoms with van der Waals surface area (Å²) >= 11 is 0. The molecular formula is C24H46O5. The molecule has 0 heterocycles. The topological polar surface area (TPSA) is 61.8 Å². The van der Waals surface area contributed by atoms with Crippen molar-refractivity contribution >= 4 is 11.9 Å². The van der Waals surface area contributed by atoms with Crippen LogP contribution >= 0.6 is 0 Å². The van der Waals surface area contributed by atoms with Crippen molar-refractivity contribution in [3.8, 4) is 0 Å². The molecule has 0 rings (SSSR count). The minimum atomic E-state index is -0.0714. The van der Waals surface area contributed by atoms with Crippen molar-refractivity contribution in [2.75, 3.05) is 26.4 Å². The second-order valence-corrected chi connectivity index (χ2v) is 7.80. The van der Waals surface area contributed by atoms with Gasteiger partial charge in [0.25, 0.3) is 0 Å². The number of esters is 2. The minimum absolute atomic E-state index is 0.0714. The van der Waals surface area contributed by atoms with E-state index in [0.717, 1.165) is 51.4 Å². The molecule has 0 aromatic carbocycles. The molecule has 0 atom stereocenters. The van der Waals surface area contributed by atoms with Crippen molar-refractivity contribution in [3.05, 3.63) is 0 Å². The van der Waals surface area contributed by atoms with E-state index in [2.05, 4.69) is 13.8 Å². The molecule has 5 heteroatoms. The van der Waals surface area contributed by atoms with Crippen LogP contribution in [0.4, 0.5) is 0 Å². The van der Waals surface area contributed by atoms with Crippen LogP contribution in [0, 0.1) is 0 Å². The fraction of sp³-hybridized carbons (Fsp3) is 0.917. The molecule has 29 heavy (non-hydrogen) atoms. The highest BCUT2D eigenvalue weighted by Gasteiger charge is 2.03. The molecular weight excluding hydrogens is 368 g/mol. The average molecular weight is 415 g/mol. The minimum Gasteiger partial charge on any atom is -0.466 e. The molecule has 0 aromatic rings. The third kappa shape index (κ3) is 23.0. The first kappa shape index (κ1) is 27.9. The van der Waals surface area contributed by atoms with Gasteiger partial charge in [-0.15, -0.1) is 0 Å². The lowest BCUT2D eigenvalue weighted by Crippen LogP contribution is -2.08. The van der Waals surface area contributed by atoms with Crippen LogP contribution in [-0.2, 0) is 23.8 Å². The first-order chi connectivity index (χ1) is 14.2. The molecule has 0 aromatic heterocycles. The van der Waals surface area contributed by atoms with Gasteiger partial charge in [-0.25, -0.2) is 0 Å². The molecule has 0 amide bonds. The standard InChI is InChI=1S/C24H46O5/c1-3-5-7-9-11-17-23(25)28-21-15-13-19-27-20-14-16-22-29-24(26)18-12-10-8-6-4-2/h3-22H2,1-2H3. The maximum absolute atomic E-state index is 11.6. The van der Waals surface area contributed by atoms with E-state index in [0.29, 0.717) is 39.3 Å². The summed E-state index contributed by atoms with van der Waals surface area (Å²) in [6.45, 7) is 6.73. The SMILES string of the molecule is CCCCCCCC(=O)OCCCCOCCCCOC(=O)CCCCCCC. The molecule has 0 bridgehead atoms. The lowest BCUT2D eigenvalue weighted by molar-refractivity contribution is -0.144. The fourth-order valence-electron chi connectivity index (χ4n) is 2.98. The Morgan fingerprint density at radius 2 is 0.862 bits per heavy atom. The van der Waals surface area contributed by atoms with Gasteiger partial charge in [0.05, 0.1) is 13.2 Å². The maximum Gasteiger partial charge on any atom is 0.305 e. The summed E-state index contributed by atoms with van der Waals surface area (Å²) in [4.78, 5) is 23.1. The second-order valence-electron chi connectivity index (χ2n) is 7.80. The zero-order chi connectivity index (χ0) is 21.4. The monoisotopic (exact) mass is 414 g/mol. The predicted octanol–water partition coefficient (Wildman–Crippen LogP) is 6.37. The van der Waals surface area contributed by atoms with E-state index in [1.165, 1.54) is 38.5 Å². The molecule has 5 nitrogen and oxygen atoms in total. The molecule has 172 valence electrons. The van der Waals surface area contributed by atoms with Gasteiger partial charge < -0.3 is 14.2 Å². The summed E-state index contributed by atoms with van der Waals surface area (Å²) in [6.07, 6.45) is 16.1. The first-order valence-corrected chi connectivity index (χ1v) is 12.1. The van der Waals surface area contributed by atoms with E-state index in [1.54, 1.807) is 0 Å². The lowest BCUT2D eigenvalue weighted by atomic mass is 10.1. The Bertz CT molecular complexity index is 336. The molecule has 0 aliphatic rings. The third-order valence-corrected chi connectivity index (χ3v) is 4.86. The normalized spacial score (nSPS) is 10.8. The second kappa shape index (κ2) is 23.2. The van der Waals surface area contributed by atoms with Gasteiger partial charge in [0.1, 0.15) is 0 Å². The van der Waals surface area contributed by atoms with Crippen molar-refractivity contribution in [1.29, 1.82) is 0 Å². The number of carbonyl (C=O) groups excluding carboxylic acids is 2. The molecule has 0 fully saturated rings. The zero-order valence-corrected chi connectivity index (χ0v) is 19.2. The van der Waals surface area contributed by atoms with E-state index in [-0.39, 0.29) is 11.9 Å². The Morgan fingerprint density at radius 1 is 0.483 bits per heavy atom. The summed E-state index contributed by atoms with van der Waals surface area (Å²) in [5.74, 6) is -0.143. The van der Waals surface area contributed by atoms with Crippen molar-refractivity contribution < 1.29 is 23.8 Å². The molecule has 0 radical (unpaired) electrons. The van der Waals surface area contributed by atoms with E-state index in [4.69, 9.17) is 14.2 Å². The van der Waals surface area contributed by atoms with E-state index < -0.39 is 0 Å². The van der Waals surface area contributed by atoms with Crippen LogP contribution in [0.3, 0.4) is 0 Å². The fourth-order valence-corrected chi connectivity index (χ4v) is 2.98. The summed E-state index contributed by atoms with van der Waals surface area (Å²) in [7, 11) is 0. The average Bonchev–Trinajstić information content (AvgIpc) is 2.71. The van der Waals surface area contributed by atoms with E-state index in [9.17, 15) is 9.59 Å². The maximum atomic E-state index is 11.6. The van der Waals surface area contributed by atoms with Gasteiger partial charge in [0, 0.05) is 26.1 Å². The number of carbonyl (C=O) groups is 2. The Labute approximate surface area is 179 Å². The first-order valence-electron chi connectivity index (χ1n) is 12.1. The third-order valence-electron chi connectivity index (χ3n) is 4.86. The molecule has 0 spiro atoms. The van der Waals surface area contributed by atoms with Crippen LogP contribution in [0.5, 0.6) is 0 Å². The van der Waals surface area contributed by atoms with Crippen LogP contribution < -0.4 is 0 Å². The smallest absolute Gasteiger partial charge is 0.305 e. The zero-order valence-electron chi connectivity index (χ0n) is 19.2. The van der Waals surface area contributed by atoms with Gasteiger partial charge in [-0.2, -0.15) is 0 Å². The quantitative estimate of drug-likeness (QED) is 0.152. The molecule has 0 aliphatic carbocycles. The van der Waals surface area contributed by atoms with Crippen molar-refractivity contribution in [2.24, 2.45) is 0 Å². The number of unbranched alkanes of at least 4 members (excludes halogenated alkanes) is 10. The largest absolute Gasteiger partial charge is 0.466 e. The highest BCUT2D eigenvalue weighted by Crippen LogP contribution is 2.07. The Kier molecular flexibility index (Phi) is 22.3. The van der Waals surface area contributed by atoms with Gasteiger partial charge in [-0.1, -0.05) is 65.2 Å². The molecule has 0 saturated carbocycles. The highest BCUT2D eigenvalue weighted by molar-refractivity contribution is 5.69. The number of hydrogen-bond donors (Lipinski definition) is 0. The van der Waals surface area contributed by atoms with Gasteiger partial charge in [0.15, 0.2) is 0 Å². The van der Waals surface area contributed by atoms with Crippen molar-refractivity contribution in [1.82, 2.24) is 0 Å². The summed E-state index contributed by atoms with van der Waals surface area (Å²) in [6, 6.07) is 0. The summed E-state index contributed by atoms with van der Waals surface area (Å²) in [5.41, 5.74) is 0. The molecule has 0 N–H and O–H groups in total. The number of ether oxygens (including phenoxy) is 3. The Balaban J connectivity index is 3.21. The molecule has 0 saturated heterocycles. The van der Waals surface area contributed by atoms with Crippen LogP contribution in [-0.4, -0.2) is 38.4 Å². The van der Waals surface area contributed by atoms with Crippen LogP contribution in [0.15, 0.2) is 0 Å². The van der Waals surface area contributed by atoms with Crippen LogP contribution in [0.1, 0.15) is 117 Å². The Hall–Kier alpha value is -1.10. The van der Waals surface area contributed by atoms with Gasteiger partial charge in [0.2, 0.25) is 0 Å². The van der Waals surface area contributed by atoms with E-state index in [1.807, 2.05) is 0 Å². The van der Waals surface area contributed by atoms with E-state index >= 15 is 0 Å². The van der Waals surface area contributed by atoms with Crippen molar-refractivity contribution in [3.63, 3.8) is 0 Å². The molecule has 0 unspecified atom stereocenters. The van der Waals surface area contributed by atoms with Crippen LogP contribution in [0.25, 0.3) is 0 Å². The van der Waals surface area contributed by atoms with Crippen LogP contribution in [0.2, 0.25) is 0 Å². The summed E-state index contributed by atoms with van der Waals surface area (Å²) in [5, 5.41) is 0. The van der Waals surface area contributed by atoms with Gasteiger partial charge >= 0.3 is 11.9 Å². The van der Waals surface area contributed by atoms with Crippen molar-refractivity contribution in [2.45, 2.75) is 117 Å². The predicted molar refractivity (Wildman–Crippen MR) is 118 cm³/mol.